The zero-order chi connectivity index (χ0) is 13.0. The van der Waals surface area contributed by atoms with Gasteiger partial charge in [-0.25, -0.2) is 0 Å². The van der Waals surface area contributed by atoms with Crippen LogP contribution in [0.2, 0.25) is 0 Å². The molecule has 2 fully saturated rings. The summed E-state index contributed by atoms with van der Waals surface area (Å²) in [6, 6.07) is 0.609. The van der Waals surface area contributed by atoms with Gasteiger partial charge in [0, 0.05) is 19.0 Å². The van der Waals surface area contributed by atoms with Gasteiger partial charge in [0.2, 0.25) is 5.91 Å². The summed E-state index contributed by atoms with van der Waals surface area (Å²) in [6.45, 7) is 0.694. The van der Waals surface area contributed by atoms with Crippen molar-refractivity contribution in [3.8, 4) is 0 Å². The predicted molar refractivity (Wildman–Crippen MR) is 67.2 cm³/mol. The molecular formula is C13H22N2O3. The summed E-state index contributed by atoms with van der Waals surface area (Å²) >= 11 is 0. The van der Waals surface area contributed by atoms with Gasteiger partial charge in [0.05, 0.1) is 12.0 Å². The van der Waals surface area contributed by atoms with E-state index < -0.39 is 11.5 Å². The Morgan fingerprint density at radius 3 is 2.44 bits per heavy atom. The molecule has 0 aliphatic heterocycles. The van der Waals surface area contributed by atoms with Crippen LogP contribution in [0.1, 0.15) is 51.4 Å². The standard InChI is InChI=1S/C13H22N2O3/c16-11(5-8-14-10-3-4-10)15-13(9-12(17)18)6-1-2-7-13/h10,14H,1-9H2,(H,15,16)(H,17,18). The molecule has 102 valence electrons. The minimum atomic E-state index is -0.826. The molecule has 0 spiro atoms. The Kier molecular flexibility index (Phi) is 4.22. The van der Waals surface area contributed by atoms with Crippen molar-refractivity contribution in [1.29, 1.82) is 0 Å². The molecule has 5 heteroatoms. The Labute approximate surface area is 107 Å². The van der Waals surface area contributed by atoms with E-state index in [4.69, 9.17) is 5.11 Å². The van der Waals surface area contributed by atoms with Crippen LogP contribution in [0.5, 0.6) is 0 Å². The molecule has 1 amide bonds. The normalized spacial score (nSPS) is 21.8. The number of carbonyl (C=O) groups is 2. The van der Waals surface area contributed by atoms with E-state index >= 15 is 0 Å². The first-order valence-corrected chi connectivity index (χ1v) is 6.86. The van der Waals surface area contributed by atoms with Crippen molar-refractivity contribution in [3.63, 3.8) is 0 Å². The largest absolute Gasteiger partial charge is 0.481 e. The Morgan fingerprint density at radius 2 is 1.89 bits per heavy atom. The average molecular weight is 254 g/mol. The number of hydrogen-bond acceptors (Lipinski definition) is 3. The van der Waals surface area contributed by atoms with E-state index in [1.165, 1.54) is 12.8 Å². The van der Waals surface area contributed by atoms with Crippen molar-refractivity contribution in [3.05, 3.63) is 0 Å². The number of amides is 1. The van der Waals surface area contributed by atoms with E-state index in [0.717, 1.165) is 25.7 Å². The molecule has 0 saturated heterocycles. The fourth-order valence-electron chi connectivity index (χ4n) is 2.72. The quantitative estimate of drug-likeness (QED) is 0.634. The number of carboxylic acids is 1. The average Bonchev–Trinajstić information content (AvgIpc) is 2.99. The lowest BCUT2D eigenvalue weighted by molar-refractivity contribution is -0.139. The van der Waals surface area contributed by atoms with Crippen molar-refractivity contribution in [2.24, 2.45) is 0 Å². The molecule has 0 aromatic carbocycles. The minimum absolute atomic E-state index is 0.0219. The third-order valence-electron chi connectivity index (χ3n) is 3.82. The van der Waals surface area contributed by atoms with Crippen LogP contribution in [0, 0.1) is 0 Å². The summed E-state index contributed by atoms with van der Waals surface area (Å²) in [5, 5.41) is 15.2. The number of aliphatic carboxylic acids is 1. The van der Waals surface area contributed by atoms with Gasteiger partial charge in [0.25, 0.3) is 0 Å². The Hall–Kier alpha value is -1.10. The fraction of sp³-hybridized carbons (Fsp3) is 0.846. The maximum absolute atomic E-state index is 11.8. The van der Waals surface area contributed by atoms with Crippen molar-refractivity contribution < 1.29 is 14.7 Å². The summed E-state index contributed by atoms with van der Waals surface area (Å²) < 4.78 is 0. The SMILES string of the molecule is O=C(O)CC1(NC(=O)CCNC2CC2)CCCC1. The second-order valence-corrected chi connectivity index (χ2v) is 5.58. The van der Waals surface area contributed by atoms with Gasteiger partial charge in [0.15, 0.2) is 0 Å². The van der Waals surface area contributed by atoms with Gasteiger partial charge < -0.3 is 15.7 Å². The van der Waals surface area contributed by atoms with Crippen LogP contribution in [0.4, 0.5) is 0 Å². The summed E-state index contributed by atoms with van der Waals surface area (Å²) in [7, 11) is 0. The van der Waals surface area contributed by atoms with Crippen LogP contribution in [0.15, 0.2) is 0 Å². The minimum Gasteiger partial charge on any atom is -0.481 e. The Morgan fingerprint density at radius 1 is 1.22 bits per heavy atom. The summed E-state index contributed by atoms with van der Waals surface area (Å²) in [5.41, 5.74) is -0.484. The molecular weight excluding hydrogens is 232 g/mol. The molecule has 0 heterocycles. The molecule has 0 aromatic heterocycles. The number of carbonyl (C=O) groups excluding carboxylic acids is 1. The van der Waals surface area contributed by atoms with E-state index in [1.54, 1.807) is 0 Å². The van der Waals surface area contributed by atoms with Gasteiger partial charge in [-0.15, -0.1) is 0 Å². The molecule has 2 rings (SSSR count). The molecule has 5 nitrogen and oxygen atoms in total. The lowest BCUT2D eigenvalue weighted by Gasteiger charge is -2.28. The van der Waals surface area contributed by atoms with Crippen LogP contribution in [0.3, 0.4) is 0 Å². The number of rotatable bonds is 7. The Balaban J connectivity index is 1.76. The van der Waals surface area contributed by atoms with Crippen molar-refractivity contribution in [1.82, 2.24) is 10.6 Å². The van der Waals surface area contributed by atoms with Gasteiger partial charge in [-0.3, -0.25) is 9.59 Å². The van der Waals surface area contributed by atoms with E-state index in [1.807, 2.05) is 0 Å². The highest BCUT2D eigenvalue weighted by Gasteiger charge is 2.37. The summed E-state index contributed by atoms with van der Waals surface area (Å²) in [6.07, 6.45) is 6.52. The lowest BCUT2D eigenvalue weighted by atomic mass is 9.93. The monoisotopic (exact) mass is 254 g/mol. The first-order valence-electron chi connectivity index (χ1n) is 6.86. The first-order chi connectivity index (χ1) is 8.60. The Bertz CT molecular complexity index is 320. The highest BCUT2D eigenvalue weighted by Crippen LogP contribution is 2.32. The van der Waals surface area contributed by atoms with Gasteiger partial charge in [-0.1, -0.05) is 12.8 Å². The molecule has 0 atom stereocenters. The van der Waals surface area contributed by atoms with Crippen molar-refractivity contribution in [2.75, 3.05) is 6.54 Å². The molecule has 0 radical (unpaired) electrons. The molecule has 3 N–H and O–H groups in total. The maximum Gasteiger partial charge on any atom is 0.305 e. The molecule has 2 aliphatic rings. The predicted octanol–water partition coefficient (Wildman–Crippen LogP) is 1.03. The highest BCUT2D eigenvalue weighted by molar-refractivity contribution is 5.78. The van der Waals surface area contributed by atoms with Gasteiger partial charge in [-0.2, -0.15) is 0 Å². The molecule has 18 heavy (non-hydrogen) atoms. The molecule has 0 aromatic rings. The van der Waals surface area contributed by atoms with E-state index in [0.29, 0.717) is 19.0 Å². The third-order valence-corrected chi connectivity index (χ3v) is 3.82. The molecule has 0 bridgehead atoms. The van der Waals surface area contributed by atoms with Gasteiger partial charge >= 0.3 is 5.97 Å². The highest BCUT2D eigenvalue weighted by atomic mass is 16.4. The van der Waals surface area contributed by atoms with Crippen LogP contribution in [-0.4, -0.2) is 35.1 Å². The summed E-state index contributed by atoms with van der Waals surface area (Å²) in [5.74, 6) is -0.848. The smallest absolute Gasteiger partial charge is 0.305 e. The zero-order valence-electron chi connectivity index (χ0n) is 10.7. The van der Waals surface area contributed by atoms with Crippen LogP contribution in [-0.2, 0) is 9.59 Å². The van der Waals surface area contributed by atoms with E-state index in [9.17, 15) is 9.59 Å². The van der Waals surface area contributed by atoms with Gasteiger partial charge in [-0.05, 0) is 25.7 Å². The number of nitrogens with one attached hydrogen (secondary N) is 2. The van der Waals surface area contributed by atoms with Crippen LogP contribution >= 0.6 is 0 Å². The lowest BCUT2D eigenvalue weighted by Crippen LogP contribution is -2.48. The van der Waals surface area contributed by atoms with Gasteiger partial charge in [0.1, 0.15) is 0 Å². The molecule has 2 aliphatic carbocycles. The number of hydrogen-bond donors (Lipinski definition) is 3. The van der Waals surface area contributed by atoms with Crippen molar-refractivity contribution >= 4 is 11.9 Å². The number of carboxylic acid groups (broad SMARTS) is 1. The molecule has 2 saturated carbocycles. The fourth-order valence-corrected chi connectivity index (χ4v) is 2.72. The second-order valence-electron chi connectivity index (χ2n) is 5.58. The summed E-state index contributed by atoms with van der Waals surface area (Å²) in [4.78, 5) is 22.7. The van der Waals surface area contributed by atoms with Crippen LogP contribution in [0.25, 0.3) is 0 Å². The molecule has 0 unspecified atom stereocenters. The van der Waals surface area contributed by atoms with E-state index in [-0.39, 0.29) is 12.3 Å². The maximum atomic E-state index is 11.8. The van der Waals surface area contributed by atoms with Crippen molar-refractivity contribution in [2.45, 2.75) is 62.9 Å². The first kappa shape index (κ1) is 13.3. The third kappa shape index (κ3) is 3.98. The van der Waals surface area contributed by atoms with E-state index in [2.05, 4.69) is 10.6 Å². The topological polar surface area (TPSA) is 78.4 Å². The van der Waals surface area contributed by atoms with Crippen LogP contribution < -0.4 is 10.6 Å². The zero-order valence-corrected chi connectivity index (χ0v) is 10.7. The second kappa shape index (κ2) is 5.69.